The van der Waals surface area contributed by atoms with Gasteiger partial charge in [0.25, 0.3) is 5.91 Å². The van der Waals surface area contributed by atoms with Crippen molar-refractivity contribution >= 4 is 24.3 Å². The van der Waals surface area contributed by atoms with E-state index in [0.29, 0.717) is 12.1 Å². The Bertz CT molecular complexity index is 406. The first-order valence-corrected chi connectivity index (χ1v) is 5.26. The molecule has 0 aromatic heterocycles. The van der Waals surface area contributed by atoms with Gasteiger partial charge in [0.2, 0.25) is 0 Å². The minimum Gasteiger partial charge on any atom is -0.467 e. The first kappa shape index (κ1) is 16.4. The fraction of sp³-hybridized carbons (Fsp3) is 0.333. The molecule has 0 aliphatic heterocycles. The van der Waals surface area contributed by atoms with Crippen molar-refractivity contribution < 1.29 is 14.3 Å². The average Bonchev–Trinajstić information content (AvgIpc) is 2.37. The van der Waals surface area contributed by atoms with Gasteiger partial charge >= 0.3 is 5.97 Å². The number of ether oxygens (including phenoxy) is 1. The van der Waals surface area contributed by atoms with E-state index >= 15 is 0 Å². The SMILES string of the molecule is COC(=O)[C@@H](C)NC(=O)c1ccc(CN)cc1.Cl. The summed E-state index contributed by atoms with van der Waals surface area (Å²) in [4.78, 5) is 22.9. The van der Waals surface area contributed by atoms with Gasteiger partial charge in [0.1, 0.15) is 6.04 Å². The van der Waals surface area contributed by atoms with Crippen LogP contribution in [0.25, 0.3) is 0 Å². The lowest BCUT2D eigenvalue weighted by atomic mass is 10.1. The molecule has 3 N–H and O–H groups in total. The summed E-state index contributed by atoms with van der Waals surface area (Å²) in [5, 5.41) is 2.54. The Labute approximate surface area is 112 Å². The fourth-order valence-electron chi connectivity index (χ4n) is 1.31. The van der Waals surface area contributed by atoms with E-state index in [9.17, 15) is 9.59 Å². The second-order valence-electron chi connectivity index (χ2n) is 3.62. The molecule has 6 heteroatoms. The van der Waals surface area contributed by atoms with Crippen LogP contribution in [0.4, 0.5) is 0 Å². The number of hydrogen-bond donors (Lipinski definition) is 2. The summed E-state index contributed by atoms with van der Waals surface area (Å²) in [5.74, 6) is -0.789. The first-order valence-electron chi connectivity index (χ1n) is 5.26. The minimum absolute atomic E-state index is 0. The van der Waals surface area contributed by atoms with Gasteiger partial charge in [-0.3, -0.25) is 4.79 Å². The van der Waals surface area contributed by atoms with E-state index in [4.69, 9.17) is 5.73 Å². The lowest BCUT2D eigenvalue weighted by Gasteiger charge is -2.11. The molecule has 1 aromatic carbocycles. The summed E-state index contributed by atoms with van der Waals surface area (Å²) in [5.41, 5.74) is 6.88. The van der Waals surface area contributed by atoms with Crippen molar-refractivity contribution in [2.24, 2.45) is 5.73 Å². The van der Waals surface area contributed by atoms with Gasteiger partial charge in [-0.25, -0.2) is 4.79 Å². The molecular weight excluding hydrogens is 256 g/mol. The molecule has 0 aliphatic rings. The number of benzene rings is 1. The number of methoxy groups -OCH3 is 1. The zero-order chi connectivity index (χ0) is 12.8. The van der Waals surface area contributed by atoms with Crippen LogP contribution in [0.5, 0.6) is 0 Å². The minimum atomic E-state index is -0.665. The highest BCUT2D eigenvalue weighted by Gasteiger charge is 2.16. The van der Waals surface area contributed by atoms with Crippen LogP contribution < -0.4 is 11.1 Å². The molecular formula is C12H17ClN2O3. The monoisotopic (exact) mass is 272 g/mol. The highest BCUT2D eigenvalue weighted by atomic mass is 35.5. The topological polar surface area (TPSA) is 81.4 Å². The molecule has 0 unspecified atom stereocenters. The molecule has 18 heavy (non-hydrogen) atoms. The third kappa shape index (κ3) is 4.35. The van der Waals surface area contributed by atoms with Crippen LogP contribution in [0.2, 0.25) is 0 Å². The summed E-state index contributed by atoms with van der Waals surface area (Å²) in [6.45, 7) is 2.00. The van der Waals surface area contributed by atoms with E-state index < -0.39 is 12.0 Å². The molecule has 0 aliphatic carbocycles. The largest absolute Gasteiger partial charge is 0.467 e. The Morgan fingerprint density at radius 2 is 1.89 bits per heavy atom. The lowest BCUT2D eigenvalue weighted by Crippen LogP contribution is -2.39. The number of halogens is 1. The van der Waals surface area contributed by atoms with Crippen LogP contribution in [-0.2, 0) is 16.1 Å². The van der Waals surface area contributed by atoms with Crippen molar-refractivity contribution in [2.75, 3.05) is 7.11 Å². The predicted molar refractivity (Wildman–Crippen MR) is 70.5 cm³/mol. The number of carbonyl (C=O) groups excluding carboxylic acids is 2. The van der Waals surface area contributed by atoms with Gasteiger partial charge in [-0.05, 0) is 24.6 Å². The van der Waals surface area contributed by atoms with E-state index in [1.807, 2.05) is 0 Å². The number of nitrogens with one attached hydrogen (secondary N) is 1. The molecule has 5 nitrogen and oxygen atoms in total. The first-order chi connectivity index (χ1) is 8.08. The zero-order valence-electron chi connectivity index (χ0n) is 10.3. The number of hydrogen-bond acceptors (Lipinski definition) is 4. The third-order valence-electron chi connectivity index (χ3n) is 2.35. The molecule has 0 heterocycles. The van der Waals surface area contributed by atoms with Crippen LogP contribution in [0.15, 0.2) is 24.3 Å². The van der Waals surface area contributed by atoms with Crippen LogP contribution in [0, 0.1) is 0 Å². The third-order valence-corrected chi connectivity index (χ3v) is 2.35. The van der Waals surface area contributed by atoms with Crippen molar-refractivity contribution in [1.29, 1.82) is 0 Å². The maximum Gasteiger partial charge on any atom is 0.328 e. The van der Waals surface area contributed by atoms with E-state index in [2.05, 4.69) is 10.1 Å². The van der Waals surface area contributed by atoms with Crippen LogP contribution in [0.1, 0.15) is 22.8 Å². The molecule has 1 rings (SSSR count). The van der Waals surface area contributed by atoms with Gasteiger partial charge < -0.3 is 15.8 Å². The van der Waals surface area contributed by atoms with E-state index in [1.54, 1.807) is 31.2 Å². The second-order valence-corrected chi connectivity index (χ2v) is 3.62. The van der Waals surface area contributed by atoms with Crippen molar-refractivity contribution in [3.05, 3.63) is 35.4 Å². The summed E-state index contributed by atoms with van der Waals surface area (Å²) < 4.78 is 4.52. The number of rotatable bonds is 4. The second kappa shape index (κ2) is 7.68. The summed E-state index contributed by atoms with van der Waals surface area (Å²) in [7, 11) is 1.28. The van der Waals surface area contributed by atoms with Gasteiger partial charge in [-0.2, -0.15) is 0 Å². The van der Waals surface area contributed by atoms with Crippen LogP contribution in [-0.4, -0.2) is 25.0 Å². The molecule has 0 saturated carbocycles. The van der Waals surface area contributed by atoms with Gasteiger partial charge in [0.05, 0.1) is 7.11 Å². The molecule has 0 fully saturated rings. The van der Waals surface area contributed by atoms with E-state index in [-0.39, 0.29) is 18.3 Å². The summed E-state index contributed by atoms with van der Waals surface area (Å²) in [6.07, 6.45) is 0. The van der Waals surface area contributed by atoms with E-state index in [1.165, 1.54) is 7.11 Å². The predicted octanol–water partition coefficient (Wildman–Crippen LogP) is 0.858. The molecule has 100 valence electrons. The lowest BCUT2D eigenvalue weighted by molar-refractivity contribution is -0.142. The normalized spacial score (nSPS) is 11.1. The van der Waals surface area contributed by atoms with E-state index in [0.717, 1.165) is 5.56 Å². The van der Waals surface area contributed by atoms with Gasteiger partial charge in [0.15, 0.2) is 0 Å². The highest BCUT2D eigenvalue weighted by Crippen LogP contribution is 2.04. The molecule has 0 saturated heterocycles. The molecule has 1 atom stereocenters. The van der Waals surface area contributed by atoms with Crippen molar-refractivity contribution in [3.63, 3.8) is 0 Å². The van der Waals surface area contributed by atoms with Gasteiger partial charge in [0, 0.05) is 12.1 Å². The summed E-state index contributed by atoms with van der Waals surface area (Å²) >= 11 is 0. The number of amides is 1. The Kier molecular flexibility index (Phi) is 7.00. The Morgan fingerprint density at radius 1 is 1.33 bits per heavy atom. The fourth-order valence-corrected chi connectivity index (χ4v) is 1.31. The van der Waals surface area contributed by atoms with Crippen molar-refractivity contribution in [1.82, 2.24) is 5.32 Å². The number of esters is 1. The Morgan fingerprint density at radius 3 is 2.33 bits per heavy atom. The quantitative estimate of drug-likeness (QED) is 0.797. The van der Waals surface area contributed by atoms with Gasteiger partial charge in [-0.1, -0.05) is 12.1 Å². The molecule has 0 spiro atoms. The van der Waals surface area contributed by atoms with Gasteiger partial charge in [-0.15, -0.1) is 12.4 Å². The summed E-state index contributed by atoms with van der Waals surface area (Å²) in [6, 6.07) is 6.22. The van der Waals surface area contributed by atoms with Crippen LogP contribution >= 0.6 is 12.4 Å². The Hall–Kier alpha value is -1.59. The van der Waals surface area contributed by atoms with Crippen molar-refractivity contribution in [2.45, 2.75) is 19.5 Å². The number of nitrogens with two attached hydrogens (primary N) is 1. The smallest absolute Gasteiger partial charge is 0.328 e. The zero-order valence-corrected chi connectivity index (χ0v) is 11.1. The van der Waals surface area contributed by atoms with Crippen LogP contribution in [0.3, 0.4) is 0 Å². The highest BCUT2D eigenvalue weighted by molar-refractivity contribution is 5.96. The van der Waals surface area contributed by atoms with Crippen molar-refractivity contribution in [3.8, 4) is 0 Å². The molecule has 0 bridgehead atoms. The maximum atomic E-state index is 11.7. The molecule has 1 aromatic rings. The standard InChI is InChI=1S/C12H16N2O3.ClH/c1-8(12(16)17-2)14-11(15)10-5-3-9(7-13)4-6-10;/h3-6,8H,7,13H2,1-2H3,(H,14,15);1H/t8-;/m1./s1. The molecule has 1 amide bonds. The number of carbonyl (C=O) groups is 2. The Balaban J connectivity index is 0.00000289. The average molecular weight is 273 g/mol. The molecule has 0 radical (unpaired) electrons. The maximum absolute atomic E-state index is 11.7.